The highest BCUT2D eigenvalue weighted by molar-refractivity contribution is 5.74. The van der Waals surface area contributed by atoms with Gasteiger partial charge in [0.1, 0.15) is 23.8 Å². The number of hydrogen-bond acceptors (Lipinski definition) is 8. The number of anilines is 1. The van der Waals surface area contributed by atoms with Crippen LogP contribution in [0.3, 0.4) is 0 Å². The Bertz CT molecular complexity index is 830. The number of nitrogens with zero attached hydrogens (tertiary/aromatic N) is 8. The van der Waals surface area contributed by atoms with Crippen LogP contribution in [-0.2, 0) is 0 Å². The van der Waals surface area contributed by atoms with Crippen LogP contribution in [0.15, 0.2) is 30.7 Å². The predicted octanol–water partition coefficient (Wildman–Crippen LogP) is 0.291. The summed E-state index contributed by atoms with van der Waals surface area (Å²) in [7, 11) is 0. The average Bonchev–Trinajstić information content (AvgIpc) is 3.23. The zero-order valence-electron chi connectivity index (χ0n) is 10.8. The third kappa shape index (κ3) is 2.61. The quantitative estimate of drug-likeness (QED) is 0.656. The maximum Gasteiger partial charge on any atom is 0.216 e. The first-order valence-corrected chi connectivity index (χ1v) is 5.91. The topological polar surface area (TPSA) is 134 Å². The van der Waals surface area contributed by atoms with E-state index in [1.807, 2.05) is 6.07 Å². The van der Waals surface area contributed by atoms with Crippen molar-refractivity contribution in [1.29, 1.82) is 5.26 Å². The van der Waals surface area contributed by atoms with Gasteiger partial charge in [0.15, 0.2) is 0 Å². The van der Waals surface area contributed by atoms with Crippen molar-refractivity contribution in [2.24, 2.45) is 0 Å². The monoisotopic (exact) mass is 298 g/mol. The molecule has 0 spiro atoms. The molecule has 1 aromatic carbocycles. The number of rotatable bonds is 4. The molecular weight excluding hydrogens is 291 g/mol. The number of halogens is 1. The van der Waals surface area contributed by atoms with Crippen LogP contribution in [0.4, 0.5) is 10.1 Å². The van der Waals surface area contributed by atoms with Gasteiger partial charge in [-0.25, -0.2) is 9.07 Å². The van der Waals surface area contributed by atoms with Gasteiger partial charge in [0.05, 0.1) is 11.4 Å². The van der Waals surface area contributed by atoms with E-state index in [0.29, 0.717) is 5.69 Å². The summed E-state index contributed by atoms with van der Waals surface area (Å²) in [5, 5.41) is 35.4. The summed E-state index contributed by atoms with van der Waals surface area (Å²) in [5.41, 5.74) is 0.797. The van der Waals surface area contributed by atoms with Gasteiger partial charge in [-0.1, -0.05) is 0 Å². The van der Waals surface area contributed by atoms with Gasteiger partial charge in [0, 0.05) is 6.20 Å². The molecule has 0 amide bonds. The molecule has 22 heavy (non-hydrogen) atoms. The molecule has 3 rings (SSSR count). The van der Waals surface area contributed by atoms with Crippen molar-refractivity contribution in [2.75, 3.05) is 5.32 Å². The third-order valence-electron chi connectivity index (χ3n) is 2.64. The molecule has 10 nitrogen and oxygen atoms in total. The number of allylic oxidation sites excluding steroid dienone is 1. The summed E-state index contributed by atoms with van der Waals surface area (Å²) >= 11 is 0. The molecule has 2 aromatic heterocycles. The summed E-state index contributed by atoms with van der Waals surface area (Å²) in [6, 6.07) is 6.16. The molecule has 2 N–H and O–H groups in total. The first-order valence-electron chi connectivity index (χ1n) is 5.91. The van der Waals surface area contributed by atoms with Crippen molar-refractivity contribution >= 4 is 11.3 Å². The molecule has 0 bridgehead atoms. The lowest BCUT2D eigenvalue weighted by Crippen LogP contribution is -2.00. The minimum Gasteiger partial charge on any atom is -0.358 e. The van der Waals surface area contributed by atoms with Crippen LogP contribution in [0.5, 0.6) is 0 Å². The van der Waals surface area contributed by atoms with E-state index in [1.54, 1.807) is 0 Å². The summed E-state index contributed by atoms with van der Waals surface area (Å²) in [5.74, 6) is -0.398. The Balaban J connectivity index is 1.89. The second-order valence-corrected chi connectivity index (χ2v) is 3.97. The van der Waals surface area contributed by atoms with Crippen LogP contribution in [-0.4, -0.2) is 40.8 Å². The molecule has 11 heteroatoms. The highest BCUT2D eigenvalue weighted by Crippen LogP contribution is 2.19. The number of hydrogen-bond donors (Lipinski definition) is 2. The van der Waals surface area contributed by atoms with Gasteiger partial charge >= 0.3 is 0 Å². The number of aromatic amines is 1. The van der Waals surface area contributed by atoms with Crippen molar-refractivity contribution < 1.29 is 4.39 Å². The van der Waals surface area contributed by atoms with Gasteiger partial charge in [-0.2, -0.15) is 10.5 Å². The first-order chi connectivity index (χ1) is 10.8. The molecule has 108 valence electrons. The predicted molar refractivity (Wildman–Crippen MR) is 70.5 cm³/mol. The summed E-state index contributed by atoms with van der Waals surface area (Å²) in [6.07, 6.45) is 2.67. The summed E-state index contributed by atoms with van der Waals surface area (Å²) in [6.45, 7) is 0. The van der Waals surface area contributed by atoms with E-state index < -0.39 is 5.82 Å². The second kappa shape index (κ2) is 5.75. The highest BCUT2D eigenvalue weighted by Gasteiger charge is 2.08. The van der Waals surface area contributed by atoms with Gasteiger partial charge in [-0.05, 0) is 33.8 Å². The smallest absolute Gasteiger partial charge is 0.216 e. The Hall–Kier alpha value is -3.68. The Kier molecular flexibility index (Phi) is 3.48. The van der Waals surface area contributed by atoms with Gasteiger partial charge in [0.25, 0.3) is 0 Å². The molecule has 0 fully saturated rings. The van der Waals surface area contributed by atoms with Crippen molar-refractivity contribution in [2.45, 2.75) is 0 Å². The number of nitrogens with one attached hydrogen (secondary N) is 2. The fourth-order valence-electron chi connectivity index (χ4n) is 1.62. The normalized spacial score (nSPS) is 11.2. The highest BCUT2D eigenvalue weighted by atomic mass is 19.1. The minimum atomic E-state index is -0.501. The lowest BCUT2D eigenvalue weighted by molar-refractivity contribution is 0.631. The summed E-state index contributed by atoms with van der Waals surface area (Å²) < 4.78 is 15.2. The number of tetrazole rings is 2. The zero-order chi connectivity index (χ0) is 15.4. The SMILES string of the molecule is N#CC(=CNc1cc(-n2cnnn2)ccc1F)c1nn[nH]n1. The van der Waals surface area contributed by atoms with E-state index in [4.69, 9.17) is 5.26 Å². The third-order valence-corrected chi connectivity index (χ3v) is 2.64. The van der Waals surface area contributed by atoms with E-state index in [2.05, 4.69) is 41.5 Å². The molecule has 0 atom stereocenters. The van der Waals surface area contributed by atoms with Gasteiger partial charge < -0.3 is 5.32 Å². The standard InChI is InChI=1S/C11H7FN10/c12-9-2-1-8(22-6-15-18-21-22)3-10(9)14-5-7(4-13)11-16-19-20-17-11/h1-3,5-6,14H,(H,16,17,19,20). The van der Waals surface area contributed by atoms with Gasteiger partial charge in [-0.15, -0.1) is 15.3 Å². The Labute approximate surface area is 122 Å². The Morgan fingerprint density at radius 1 is 1.45 bits per heavy atom. The van der Waals surface area contributed by atoms with Crippen LogP contribution in [0.25, 0.3) is 11.3 Å². The number of benzene rings is 1. The Morgan fingerprint density at radius 2 is 2.36 bits per heavy atom. The minimum absolute atomic E-state index is 0.0981. The Morgan fingerprint density at radius 3 is 3.05 bits per heavy atom. The molecule has 0 aliphatic carbocycles. The maximum absolute atomic E-state index is 13.8. The van der Waals surface area contributed by atoms with E-state index in [1.165, 1.54) is 35.4 Å². The van der Waals surface area contributed by atoms with E-state index in [9.17, 15) is 4.39 Å². The van der Waals surface area contributed by atoms with E-state index in [0.717, 1.165) is 0 Å². The van der Waals surface area contributed by atoms with Crippen LogP contribution < -0.4 is 5.32 Å². The maximum atomic E-state index is 13.8. The lowest BCUT2D eigenvalue weighted by atomic mass is 10.2. The molecule has 0 aliphatic rings. The van der Waals surface area contributed by atoms with Crippen molar-refractivity contribution in [1.82, 2.24) is 40.8 Å². The molecule has 0 unspecified atom stereocenters. The molecule has 0 radical (unpaired) electrons. The largest absolute Gasteiger partial charge is 0.358 e. The van der Waals surface area contributed by atoms with Crippen LogP contribution in [0, 0.1) is 17.1 Å². The van der Waals surface area contributed by atoms with Crippen molar-refractivity contribution in [3.63, 3.8) is 0 Å². The van der Waals surface area contributed by atoms with Gasteiger partial charge in [0.2, 0.25) is 5.82 Å². The van der Waals surface area contributed by atoms with Crippen LogP contribution >= 0.6 is 0 Å². The first kappa shape index (κ1) is 13.3. The molecular formula is C11H7FN10. The van der Waals surface area contributed by atoms with Crippen molar-refractivity contribution in [3.8, 4) is 11.8 Å². The number of aromatic nitrogens is 8. The van der Waals surface area contributed by atoms with Crippen molar-refractivity contribution in [3.05, 3.63) is 42.4 Å². The van der Waals surface area contributed by atoms with E-state index >= 15 is 0 Å². The molecule has 0 saturated heterocycles. The fraction of sp³-hybridized carbons (Fsp3) is 0. The van der Waals surface area contributed by atoms with Crippen LogP contribution in [0.1, 0.15) is 5.82 Å². The molecule has 2 heterocycles. The lowest BCUT2D eigenvalue weighted by Gasteiger charge is -2.06. The zero-order valence-corrected chi connectivity index (χ0v) is 10.8. The molecule has 0 saturated carbocycles. The van der Waals surface area contributed by atoms with E-state index in [-0.39, 0.29) is 17.1 Å². The fourth-order valence-corrected chi connectivity index (χ4v) is 1.62. The second-order valence-electron chi connectivity index (χ2n) is 3.97. The van der Waals surface area contributed by atoms with Crippen LogP contribution in [0.2, 0.25) is 0 Å². The van der Waals surface area contributed by atoms with Gasteiger partial charge in [-0.3, -0.25) is 0 Å². The average molecular weight is 298 g/mol. The molecule has 0 aliphatic heterocycles. The number of H-pyrrole nitrogens is 1. The number of nitriles is 1. The molecule has 3 aromatic rings. The summed E-state index contributed by atoms with van der Waals surface area (Å²) in [4.78, 5) is 0.